The largest absolute Gasteiger partial charge is 0.459 e. The number of rotatable bonds is 5. The maximum atomic E-state index is 12.5. The first-order valence-electron chi connectivity index (χ1n) is 10.7. The van der Waals surface area contributed by atoms with Crippen molar-refractivity contribution in [3.8, 4) is 11.5 Å². The van der Waals surface area contributed by atoms with E-state index in [-0.39, 0.29) is 18.1 Å². The lowest BCUT2D eigenvalue weighted by Gasteiger charge is -2.36. The number of aliphatic imine (C=N–C) groups is 1. The van der Waals surface area contributed by atoms with E-state index < -0.39 is 0 Å². The highest BCUT2D eigenvalue weighted by molar-refractivity contribution is 5.91. The molecule has 0 aliphatic carbocycles. The van der Waals surface area contributed by atoms with Crippen LogP contribution in [0.3, 0.4) is 0 Å². The number of furan rings is 1. The molecule has 0 spiro atoms. The number of nitrogens with zero attached hydrogens (tertiary/aromatic N) is 3. The third-order valence-electron chi connectivity index (χ3n) is 5.71. The molecular formula is C23H30N4O4. The molecule has 0 radical (unpaired) electrons. The Morgan fingerprint density at radius 1 is 1.10 bits per heavy atom. The topological polar surface area (TPSA) is 79.5 Å². The van der Waals surface area contributed by atoms with Gasteiger partial charge in [-0.15, -0.1) is 0 Å². The van der Waals surface area contributed by atoms with Crippen molar-refractivity contribution in [2.24, 2.45) is 4.99 Å². The fraction of sp³-hybridized carbons (Fsp3) is 0.478. The second-order valence-corrected chi connectivity index (χ2v) is 8.38. The molecule has 2 aliphatic rings. The number of ether oxygens (including phenoxy) is 2. The summed E-state index contributed by atoms with van der Waals surface area (Å²) in [7, 11) is 0. The zero-order valence-corrected chi connectivity index (χ0v) is 18.4. The highest BCUT2D eigenvalue weighted by atomic mass is 16.7. The number of hydrogen-bond acceptors (Lipinski definition) is 5. The van der Waals surface area contributed by atoms with Gasteiger partial charge in [-0.1, -0.05) is 19.9 Å². The number of hydrogen-bond donors (Lipinski definition) is 1. The predicted molar refractivity (Wildman–Crippen MR) is 118 cm³/mol. The minimum absolute atomic E-state index is 0.0597. The molecule has 1 N–H and O–H groups in total. The molecule has 8 heteroatoms. The van der Waals surface area contributed by atoms with Crippen LogP contribution in [0.1, 0.15) is 36.9 Å². The van der Waals surface area contributed by atoms with E-state index >= 15 is 0 Å². The molecule has 0 atom stereocenters. The van der Waals surface area contributed by atoms with Gasteiger partial charge in [-0.2, -0.15) is 0 Å². The lowest BCUT2D eigenvalue weighted by molar-refractivity contribution is 0.0657. The Kier molecular flexibility index (Phi) is 6.06. The van der Waals surface area contributed by atoms with Gasteiger partial charge in [0.2, 0.25) is 6.79 Å². The van der Waals surface area contributed by atoms with E-state index in [2.05, 4.69) is 37.1 Å². The number of carbonyl (C=O) groups excluding carboxylic acids is 1. The van der Waals surface area contributed by atoms with Crippen molar-refractivity contribution >= 4 is 11.9 Å². The minimum Gasteiger partial charge on any atom is -0.459 e. The van der Waals surface area contributed by atoms with Crippen molar-refractivity contribution in [1.29, 1.82) is 0 Å². The Morgan fingerprint density at radius 2 is 1.84 bits per heavy atom. The maximum absolute atomic E-state index is 12.5. The standard InChI is InChI=1S/C23H30N4O4/c1-4-24-22(27-11-9-26(10-12-27)21(28)19-6-5-13-29-19)25-15-23(2,3)17-7-8-18-20(14-17)31-16-30-18/h5-8,13-14H,4,9-12,15-16H2,1-3H3,(H,24,25). The molecule has 1 amide bonds. The molecule has 0 bridgehead atoms. The van der Waals surface area contributed by atoms with Crippen LogP contribution in [0, 0.1) is 0 Å². The summed E-state index contributed by atoms with van der Waals surface area (Å²) < 4.78 is 16.2. The zero-order valence-electron chi connectivity index (χ0n) is 18.4. The van der Waals surface area contributed by atoms with E-state index in [1.54, 1.807) is 12.1 Å². The molecule has 0 saturated carbocycles. The minimum atomic E-state index is -0.168. The third kappa shape index (κ3) is 4.62. The van der Waals surface area contributed by atoms with Gasteiger partial charge in [-0.3, -0.25) is 9.79 Å². The number of amides is 1. The Bertz CT molecular complexity index is 931. The summed E-state index contributed by atoms with van der Waals surface area (Å²) in [6.07, 6.45) is 1.53. The lowest BCUT2D eigenvalue weighted by atomic mass is 9.84. The number of piperazine rings is 1. The molecule has 1 saturated heterocycles. The number of nitrogens with one attached hydrogen (secondary N) is 1. The molecule has 0 unspecified atom stereocenters. The van der Waals surface area contributed by atoms with Crippen molar-refractivity contribution < 1.29 is 18.7 Å². The van der Waals surface area contributed by atoms with Crippen LogP contribution in [0.2, 0.25) is 0 Å². The summed E-state index contributed by atoms with van der Waals surface area (Å²) in [5.41, 5.74) is 0.990. The Labute approximate surface area is 182 Å². The molecule has 31 heavy (non-hydrogen) atoms. The first kappa shape index (κ1) is 21.1. The highest BCUT2D eigenvalue weighted by Crippen LogP contribution is 2.36. The third-order valence-corrected chi connectivity index (χ3v) is 5.71. The van der Waals surface area contributed by atoms with Gasteiger partial charge in [0.15, 0.2) is 23.2 Å². The Balaban J connectivity index is 1.41. The molecule has 8 nitrogen and oxygen atoms in total. The van der Waals surface area contributed by atoms with Crippen LogP contribution in [0.15, 0.2) is 46.0 Å². The Morgan fingerprint density at radius 3 is 2.55 bits per heavy atom. The van der Waals surface area contributed by atoms with Gasteiger partial charge < -0.3 is 29.0 Å². The monoisotopic (exact) mass is 426 g/mol. The summed E-state index contributed by atoms with van der Waals surface area (Å²) in [5, 5.41) is 3.40. The second-order valence-electron chi connectivity index (χ2n) is 8.38. The van der Waals surface area contributed by atoms with Crippen LogP contribution in [0.5, 0.6) is 11.5 Å². The molecule has 1 aromatic carbocycles. The number of guanidine groups is 1. The normalized spacial score (nSPS) is 16.5. The summed E-state index contributed by atoms with van der Waals surface area (Å²) >= 11 is 0. The van der Waals surface area contributed by atoms with Gasteiger partial charge in [0, 0.05) is 38.1 Å². The van der Waals surface area contributed by atoms with E-state index in [0.717, 1.165) is 42.7 Å². The summed E-state index contributed by atoms with van der Waals surface area (Å²) in [5.74, 6) is 2.79. The summed E-state index contributed by atoms with van der Waals surface area (Å²) in [6.45, 7) is 10.8. The first-order chi connectivity index (χ1) is 15.0. The molecule has 2 aliphatic heterocycles. The summed E-state index contributed by atoms with van der Waals surface area (Å²) in [6, 6.07) is 9.53. The first-order valence-corrected chi connectivity index (χ1v) is 10.7. The molecule has 1 fully saturated rings. The molecular weight excluding hydrogens is 396 g/mol. The van der Waals surface area contributed by atoms with E-state index in [9.17, 15) is 4.79 Å². The molecule has 1 aromatic heterocycles. The van der Waals surface area contributed by atoms with Crippen molar-refractivity contribution in [1.82, 2.24) is 15.1 Å². The zero-order chi connectivity index (χ0) is 21.8. The van der Waals surface area contributed by atoms with Crippen LogP contribution >= 0.6 is 0 Å². The van der Waals surface area contributed by atoms with Crippen molar-refractivity contribution in [2.45, 2.75) is 26.2 Å². The van der Waals surface area contributed by atoms with Crippen LogP contribution in [-0.2, 0) is 5.41 Å². The van der Waals surface area contributed by atoms with Gasteiger partial charge in [0.05, 0.1) is 12.8 Å². The quantitative estimate of drug-likeness (QED) is 0.585. The smallest absolute Gasteiger partial charge is 0.289 e. The van der Waals surface area contributed by atoms with Gasteiger partial charge in [-0.05, 0) is 36.8 Å². The number of benzene rings is 1. The second kappa shape index (κ2) is 8.91. The SMILES string of the molecule is CCNC(=NCC(C)(C)c1ccc2c(c1)OCO2)N1CCN(C(=O)c2ccco2)CC1. The Hall–Kier alpha value is -3.16. The summed E-state index contributed by atoms with van der Waals surface area (Å²) in [4.78, 5) is 21.5. The van der Waals surface area contributed by atoms with E-state index in [1.807, 2.05) is 17.0 Å². The van der Waals surface area contributed by atoms with Gasteiger partial charge in [0.25, 0.3) is 5.91 Å². The van der Waals surface area contributed by atoms with Gasteiger partial charge in [-0.25, -0.2) is 0 Å². The van der Waals surface area contributed by atoms with Gasteiger partial charge in [0.1, 0.15) is 0 Å². The fourth-order valence-corrected chi connectivity index (χ4v) is 3.78. The number of carbonyl (C=O) groups is 1. The average molecular weight is 427 g/mol. The average Bonchev–Trinajstić information content (AvgIpc) is 3.48. The van der Waals surface area contributed by atoms with Crippen LogP contribution in [0.25, 0.3) is 0 Å². The van der Waals surface area contributed by atoms with E-state index in [4.69, 9.17) is 18.9 Å². The van der Waals surface area contributed by atoms with Crippen LogP contribution < -0.4 is 14.8 Å². The van der Waals surface area contributed by atoms with Crippen LogP contribution in [0.4, 0.5) is 0 Å². The van der Waals surface area contributed by atoms with Crippen molar-refractivity contribution in [3.63, 3.8) is 0 Å². The predicted octanol–water partition coefficient (Wildman–Crippen LogP) is 2.71. The lowest BCUT2D eigenvalue weighted by Crippen LogP contribution is -2.54. The molecule has 4 rings (SSSR count). The fourth-order valence-electron chi connectivity index (χ4n) is 3.78. The molecule has 3 heterocycles. The number of fused-ring (bicyclic) bond motifs is 1. The van der Waals surface area contributed by atoms with E-state index in [0.29, 0.717) is 25.4 Å². The molecule has 166 valence electrons. The van der Waals surface area contributed by atoms with Crippen molar-refractivity contribution in [3.05, 3.63) is 47.9 Å². The highest BCUT2D eigenvalue weighted by Gasteiger charge is 2.27. The van der Waals surface area contributed by atoms with Crippen LogP contribution in [-0.4, -0.2) is 67.7 Å². The molecule has 2 aromatic rings. The van der Waals surface area contributed by atoms with E-state index in [1.165, 1.54) is 6.26 Å². The maximum Gasteiger partial charge on any atom is 0.289 e. The van der Waals surface area contributed by atoms with Crippen molar-refractivity contribution in [2.75, 3.05) is 46.1 Å². The van der Waals surface area contributed by atoms with Gasteiger partial charge >= 0.3 is 0 Å².